The topological polar surface area (TPSA) is 54.4 Å². The molecule has 0 aromatic heterocycles. The molecule has 2 atom stereocenters. The predicted molar refractivity (Wildman–Crippen MR) is 84.9 cm³/mol. The van der Waals surface area contributed by atoms with E-state index in [1.165, 1.54) is 5.56 Å². The Morgan fingerprint density at radius 1 is 0.905 bits per heavy atom. The van der Waals surface area contributed by atoms with Gasteiger partial charge in [0.2, 0.25) is 0 Å². The van der Waals surface area contributed by atoms with Gasteiger partial charge in [-0.25, -0.2) is 0 Å². The summed E-state index contributed by atoms with van der Waals surface area (Å²) in [5, 5.41) is 9.09. The zero-order chi connectivity index (χ0) is 16.3. The molecule has 116 valence electrons. The number of aliphatic carboxylic acids is 1. The zero-order valence-electron chi connectivity index (χ0n) is 13.8. The SMILES string of the molecule is CC(C)c1ccc(C(=O)C(C)C(C)C(=O)O)c(C(C)C)c1. The summed E-state index contributed by atoms with van der Waals surface area (Å²) in [7, 11) is 0. The van der Waals surface area contributed by atoms with E-state index in [4.69, 9.17) is 5.11 Å². The van der Waals surface area contributed by atoms with Crippen LogP contribution in [0.3, 0.4) is 0 Å². The molecule has 0 heterocycles. The maximum absolute atomic E-state index is 12.6. The van der Waals surface area contributed by atoms with E-state index in [1.807, 2.05) is 12.1 Å². The normalized spacial score (nSPS) is 14.3. The van der Waals surface area contributed by atoms with E-state index in [1.54, 1.807) is 13.8 Å². The molecule has 0 bridgehead atoms. The fraction of sp³-hybridized carbons (Fsp3) is 0.556. The fourth-order valence-electron chi connectivity index (χ4n) is 2.33. The molecule has 0 saturated heterocycles. The molecule has 1 aromatic rings. The van der Waals surface area contributed by atoms with E-state index in [2.05, 4.69) is 33.8 Å². The van der Waals surface area contributed by atoms with Crippen molar-refractivity contribution in [3.05, 3.63) is 34.9 Å². The van der Waals surface area contributed by atoms with Gasteiger partial charge in [0.05, 0.1) is 5.92 Å². The van der Waals surface area contributed by atoms with Crippen LogP contribution in [0.4, 0.5) is 0 Å². The molecular formula is C18H26O3. The van der Waals surface area contributed by atoms with Crippen molar-refractivity contribution in [1.29, 1.82) is 0 Å². The van der Waals surface area contributed by atoms with Crippen molar-refractivity contribution in [1.82, 2.24) is 0 Å². The number of benzene rings is 1. The number of Topliss-reactive ketones (excluding diaryl/α,β-unsaturated/α-hetero) is 1. The maximum Gasteiger partial charge on any atom is 0.306 e. The highest BCUT2D eigenvalue weighted by atomic mass is 16.4. The molecule has 2 unspecified atom stereocenters. The molecule has 0 spiro atoms. The van der Waals surface area contributed by atoms with Gasteiger partial charge in [0.15, 0.2) is 5.78 Å². The Hall–Kier alpha value is -1.64. The zero-order valence-corrected chi connectivity index (χ0v) is 13.8. The second kappa shape index (κ2) is 6.88. The average molecular weight is 290 g/mol. The number of carboxylic acids is 1. The lowest BCUT2D eigenvalue weighted by Gasteiger charge is -2.20. The van der Waals surface area contributed by atoms with E-state index in [9.17, 15) is 9.59 Å². The first-order chi connectivity index (χ1) is 9.66. The minimum absolute atomic E-state index is 0.0797. The number of carboxylic acid groups (broad SMARTS) is 1. The van der Waals surface area contributed by atoms with Gasteiger partial charge in [0.1, 0.15) is 0 Å². The average Bonchev–Trinajstić information content (AvgIpc) is 2.43. The molecule has 0 aliphatic heterocycles. The minimum Gasteiger partial charge on any atom is -0.481 e. The molecule has 3 nitrogen and oxygen atoms in total. The second-order valence-corrected chi connectivity index (χ2v) is 6.44. The first-order valence-electron chi connectivity index (χ1n) is 7.57. The quantitative estimate of drug-likeness (QED) is 0.786. The summed E-state index contributed by atoms with van der Waals surface area (Å²) < 4.78 is 0. The monoisotopic (exact) mass is 290 g/mol. The van der Waals surface area contributed by atoms with Gasteiger partial charge in [-0.05, 0) is 23.0 Å². The standard InChI is InChI=1S/C18H26O3/c1-10(2)14-7-8-15(16(9-14)11(3)4)17(19)12(5)13(6)18(20)21/h7-13H,1-6H3,(H,20,21). The van der Waals surface area contributed by atoms with Crippen molar-refractivity contribution in [3.63, 3.8) is 0 Å². The van der Waals surface area contributed by atoms with Crippen LogP contribution in [0, 0.1) is 11.8 Å². The first-order valence-corrected chi connectivity index (χ1v) is 7.57. The molecular weight excluding hydrogens is 264 g/mol. The van der Waals surface area contributed by atoms with Gasteiger partial charge >= 0.3 is 5.97 Å². The molecule has 3 heteroatoms. The number of rotatable bonds is 6. The summed E-state index contributed by atoms with van der Waals surface area (Å²) in [6, 6.07) is 5.92. The van der Waals surface area contributed by atoms with Crippen LogP contribution >= 0.6 is 0 Å². The van der Waals surface area contributed by atoms with Gasteiger partial charge in [0.25, 0.3) is 0 Å². The largest absolute Gasteiger partial charge is 0.481 e. The molecule has 1 N–H and O–H groups in total. The Morgan fingerprint density at radius 2 is 1.48 bits per heavy atom. The van der Waals surface area contributed by atoms with Crippen LogP contribution in [0.15, 0.2) is 18.2 Å². The van der Waals surface area contributed by atoms with Crippen LogP contribution in [0.25, 0.3) is 0 Å². The first kappa shape index (κ1) is 17.4. The van der Waals surface area contributed by atoms with E-state index >= 15 is 0 Å². The Kier molecular flexibility index (Phi) is 5.70. The number of hydrogen-bond donors (Lipinski definition) is 1. The molecule has 0 saturated carbocycles. The van der Waals surface area contributed by atoms with Gasteiger partial charge in [-0.15, -0.1) is 0 Å². The third-order valence-electron chi connectivity index (χ3n) is 4.18. The van der Waals surface area contributed by atoms with Crippen molar-refractivity contribution in [2.24, 2.45) is 11.8 Å². The number of ketones is 1. The number of hydrogen-bond acceptors (Lipinski definition) is 2. The Balaban J connectivity index is 3.23. The van der Waals surface area contributed by atoms with E-state index in [0.29, 0.717) is 11.5 Å². The lowest BCUT2D eigenvalue weighted by Crippen LogP contribution is -2.26. The summed E-state index contributed by atoms with van der Waals surface area (Å²) in [6.45, 7) is 11.6. The van der Waals surface area contributed by atoms with E-state index < -0.39 is 17.8 Å². The predicted octanol–water partition coefficient (Wildman–Crippen LogP) is 4.47. The molecule has 0 fully saturated rings. The minimum atomic E-state index is -0.930. The van der Waals surface area contributed by atoms with E-state index in [-0.39, 0.29) is 11.7 Å². The summed E-state index contributed by atoms with van der Waals surface area (Å²) in [5.41, 5.74) is 2.87. The van der Waals surface area contributed by atoms with Crippen LogP contribution in [-0.4, -0.2) is 16.9 Å². The van der Waals surface area contributed by atoms with Gasteiger partial charge in [-0.1, -0.05) is 59.7 Å². The highest BCUT2D eigenvalue weighted by Gasteiger charge is 2.28. The summed E-state index contributed by atoms with van der Waals surface area (Å²) in [5.74, 6) is -1.58. The second-order valence-electron chi connectivity index (χ2n) is 6.44. The number of carbonyl (C=O) groups excluding carboxylic acids is 1. The van der Waals surface area contributed by atoms with Crippen molar-refractivity contribution in [2.45, 2.75) is 53.4 Å². The molecule has 0 radical (unpaired) electrons. The van der Waals surface area contributed by atoms with Crippen molar-refractivity contribution >= 4 is 11.8 Å². The third-order valence-corrected chi connectivity index (χ3v) is 4.18. The molecule has 1 rings (SSSR count). The van der Waals surface area contributed by atoms with Crippen molar-refractivity contribution in [2.75, 3.05) is 0 Å². The van der Waals surface area contributed by atoms with Crippen LogP contribution in [0.1, 0.15) is 74.9 Å². The molecule has 0 amide bonds. The van der Waals surface area contributed by atoms with Crippen LogP contribution in [-0.2, 0) is 4.79 Å². The Morgan fingerprint density at radius 3 is 1.90 bits per heavy atom. The molecule has 0 aliphatic rings. The van der Waals surface area contributed by atoms with Crippen molar-refractivity contribution in [3.8, 4) is 0 Å². The third kappa shape index (κ3) is 3.93. The van der Waals surface area contributed by atoms with Crippen LogP contribution < -0.4 is 0 Å². The maximum atomic E-state index is 12.6. The fourth-order valence-corrected chi connectivity index (χ4v) is 2.33. The van der Waals surface area contributed by atoms with E-state index in [0.717, 1.165) is 5.56 Å². The Labute approximate surface area is 127 Å². The molecule has 1 aromatic carbocycles. The van der Waals surface area contributed by atoms with Gasteiger partial charge < -0.3 is 5.11 Å². The lowest BCUT2D eigenvalue weighted by molar-refractivity contribution is -0.142. The summed E-state index contributed by atoms with van der Waals surface area (Å²) in [6.07, 6.45) is 0. The highest BCUT2D eigenvalue weighted by Crippen LogP contribution is 2.28. The summed E-state index contributed by atoms with van der Waals surface area (Å²) in [4.78, 5) is 23.7. The lowest BCUT2D eigenvalue weighted by atomic mass is 9.83. The number of carbonyl (C=O) groups is 2. The molecule has 21 heavy (non-hydrogen) atoms. The highest BCUT2D eigenvalue weighted by molar-refractivity contribution is 6.01. The molecule has 0 aliphatic carbocycles. The van der Waals surface area contributed by atoms with Crippen molar-refractivity contribution < 1.29 is 14.7 Å². The summed E-state index contributed by atoms with van der Waals surface area (Å²) >= 11 is 0. The van der Waals surface area contributed by atoms with Crippen LogP contribution in [0.2, 0.25) is 0 Å². The van der Waals surface area contributed by atoms with Gasteiger partial charge in [0, 0.05) is 11.5 Å². The Bertz CT molecular complexity index is 529. The smallest absolute Gasteiger partial charge is 0.306 e. The van der Waals surface area contributed by atoms with Gasteiger partial charge in [-0.2, -0.15) is 0 Å². The van der Waals surface area contributed by atoms with Gasteiger partial charge in [-0.3, -0.25) is 9.59 Å². The van der Waals surface area contributed by atoms with Crippen LogP contribution in [0.5, 0.6) is 0 Å².